The molecule has 0 spiro atoms. The molecule has 11 rings (SSSR count). The Kier molecular flexibility index (Phi) is 8.54. The molecule has 10 aromatic carbocycles. The van der Waals surface area contributed by atoms with E-state index in [4.69, 9.17) is 9.97 Å². The van der Waals surface area contributed by atoms with E-state index in [2.05, 4.69) is 158 Å². The standard InChI is InChI=1S/C57H35N3/c58-36-37-19-21-40(22-20-37)52-35-53(60-57(59-52)43-14-5-2-6-15-43)47-30-29-45-33-44(27-28-46(45)34-47)38-23-25-42(26-24-38)55-50-18-10-9-17-49(50)54(41-12-3-1-4-13-41)51-32-31-39-11-7-8-16-48(39)56(51)55/h1-35H. The van der Waals surface area contributed by atoms with Crippen molar-refractivity contribution in [3.63, 3.8) is 0 Å². The molecule has 0 atom stereocenters. The average Bonchev–Trinajstić information content (AvgIpc) is 3.33. The van der Waals surface area contributed by atoms with Crippen LogP contribution in [0.3, 0.4) is 0 Å². The van der Waals surface area contributed by atoms with E-state index in [1.807, 2.05) is 60.7 Å². The molecule has 3 nitrogen and oxygen atoms in total. The van der Waals surface area contributed by atoms with Crippen LogP contribution in [0.15, 0.2) is 212 Å². The Morgan fingerprint density at radius 2 is 0.817 bits per heavy atom. The minimum absolute atomic E-state index is 0.617. The molecule has 278 valence electrons. The Balaban J connectivity index is 0.988. The number of hydrogen-bond acceptors (Lipinski definition) is 3. The third-order valence-electron chi connectivity index (χ3n) is 11.7. The van der Waals surface area contributed by atoms with Crippen LogP contribution in [0, 0.1) is 11.3 Å². The van der Waals surface area contributed by atoms with Crippen molar-refractivity contribution in [1.29, 1.82) is 5.26 Å². The first-order valence-corrected chi connectivity index (χ1v) is 20.2. The molecule has 0 aliphatic heterocycles. The molecule has 0 aliphatic rings. The smallest absolute Gasteiger partial charge is 0.160 e. The topological polar surface area (TPSA) is 49.6 Å². The first-order valence-electron chi connectivity index (χ1n) is 20.2. The Morgan fingerprint density at radius 3 is 1.52 bits per heavy atom. The average molecular weight is 762 g/mol. The summed E-state index contributed by atoms with van der Waals surface area (Å²) in [7, 11) is 0. The van der Waals surface area contributed by atoms with Crippen molar-refractivity contribution in [2.45, 2.75) is 0 Å². The van der Waals surface area contributed by atoms with Crippen molar-refractivity contribution in [3.05, 3.63) is 218 Å². The number of benzene rings is 10. The van der Waals surface area contributed by atoms with Gasteiger partial charge in [-0.15, -0.1) is 0 Å². The summed E-state index contributed by atoms with van der Waals surface area (Å²) in [4.78, 5) is 10.0. The van der Waals surface area contributed by atoms with Crippen molar-refractivity contribution in [2.75, 3.05) is 0 Å². The minimum Gasteiger partial charge on any atom is -0.228 e. The molecule has 0 amide bonds. The van der Waals surface area contributed by atoms with Crippen LogP contribution in [0.25, 0.3) is 110 Å². The summed E-state index contributed by atoms with van der Waals surface area (Å²) in [6, 6.07) is 77.2. The fourth-order valence-corrected chi connectivity index (χ4v) is 8.75. The van der Waals surface area contributed by atoms with Crippen molar-refractivity contribution >= 4 is 43.1 Å². The lowest BCUT2D eigenvalue weighted by Crippen LogP contribution is -1.96. The van der Waals surface area contributed by atoms with E-state index in [-0.39, 0.29) is 0 Å². The molecular weight excluding hydrogens is 727 g/mol. The first kappa shape index (κ1) is 35.0. The highest BCUT2D eigenvalue weighted by atomic mass is 14.9. The zero-order chi connectivity index (χ0) is 40.0. The van der Waals surface area contributed by atoms with Gasteiger partial charge in [0.2, 0.25) is 0 Å². The van der Waals surface area contributed by atoms with Crippen LogP contribution in [0.5, 0.6) is 0 Å². The summed E-state index contributed by atoms with van der Waals surface area (Å²) < 4.78 is 0. The van der Waals surface area contributed by atoms with Crippen molar-refractivity contribution in [3.8, 4) is 73.4 Å². The maximum atomic E-state index is 9.36. The zero-order valence-corrected chi connectivity index (χ0v) is 32.5. The lowest BCUT2D eigenvalue weighted by Gasteiger charge is -2.19. The van der Waals surface area contributed by atoms with Crippen LogP contribution in [0.4, 0.5) is 0 Å². The molecular formula is C57H35N3. The van der Waals surface area contributed by atoms with Crippen molar-refractivity contribution < 1.29 is 0 Å². The normalized spacial score (nSPS) is 11.3. The maximum absolute atomic E-state index is 9.36. The highest BCUT2D eigenvalue weighted by molar-refractivity contribution is 6.27. The minimum atomic E-state index is 0.617. The Morgan fingerprint density at radius 1 is 0.317 bits per heavy atom. The van der Waals surface area contributed by atoms with Crippen LogP contribution >= 0.6 is 0 Å². The van der Waals surface area contributed by atoms with Crippen molar-refractivity contribution in [1.82, 2.24) is 9.97 Å². The van der Waals surface area contributed by atoms with Gasteiger partial charge in [-0.2, -0.15) is 5.26 Å². The van der Waals surface area contributed by atoms with Crippen molar-refractivity contribution in [2.24, 2.45) is 0 Å². The molecule has 60 heavy (non-hydrogen) atoms. The molecule has 0 saturated heterocycles. The zero-order valence-electron chi connectivity index (χ0n) is 32.5. The van der Waals surface area contributed by atoms with Gasteiger partial charge in [0.25, 0.3) is 0 Å². The van der Waals surface area contributed by atoms with Gasteiger partial charge in [-0.05, 0) is 107 Å². The van der Waals surface area contributed by atoms with Gasteiger partial charge < -0.3 is 0 Å². The second-order valence-corrected chi connectivity index (χ2v) is 15.2. The molecule has 0 fully saturated rings. The summed E-state index contributed by atoms with van der Waals surface area (Å²) in [5.41, 5.74) is 12.4. The summed E-state index contributed by atoms with van der Waals surface area (Å²) in [5, 5.41) is 19.2. The van der Waals surface area contributed by atoms with Gasteiger partial charge in [0.15, 0.2) is 5.82 Å². The molecule has 0 saturated carbocycles. The van der Waals surface area contributed by atoms with Gasteiger partial charge in [-0.3, -0.25) is 0 Å². The van der Waals surface area contributed by atoms with E-state index in [0.717, 1.165) is 44.4 Å². The molecule has 0 bridgehead atoms. The van der Waals surface area contributed by atoms with E-state index >= 15 is 0 Å². The predicted octanol–water partition coefficient (Wildman–Crippen LogP) is 15.0. The lowest BCUT2D eigenvalue weighted by atomic mass is 9.84. The van der Waals surface area contributed by atoms with E-state index in [1.54, 1.807) is 0 Å². The van der Waals surface area contributed by atoms with Crippen LogP contribution < -0.4 is 0 Å². The number of hydrogen-bond donors (Lipinski definition) is 0. The first-order chi connectivity index (χ1) is 29.7. The lowest BCUT2D eigenvalue weighted by molar-refractivity contribution is 1.18. The summed E-state index contributed by atoms with van der Waals surface area (Å²) in [6.07, 6.45) is 0. The monoisotopic (exact) mass is 761 g/mol. The van der Waals surface area contributed by atoms with Gasteiger partial charge in [0.1, 0.15) is 0 Å². The predicted molar refractivity (Wildman–Crippen MR) is 249 cm³/mol. The fraction of sp³-hybridized carbons (Fsp3) is 0. The van der Waals surface area contributed by atoms with Gasteiger partial charge >= 0.3 is 0 Å². The van der Waals surface area contributed by atoms with Gasteiger partial charge in [-0.25, -0.2) is 9.97 Å². The maximum Gasteiger partial charge on any atom is 0.160 e. The molecule has 0 aliphatic carbocycles. The third-order valence-corrected chi connectivity index (χ3v) is 11.7. The quantitative estimate of drug-likeness (QED) is 0.125. The number of nitriles is 1. The highest BCUT2D eigenvalue weighted by Gasteiger charge is 2.19. The molecule has 0 unspecified atom stereocenters. The summed E-state index contributed by atoms with van der Waals surface area (Å²) in [5.74, 6) is 0.660. The van der Waals surface area contributed by atoms with Gasteiger partial charge in [0, 0.05) is 16.7 Å². The number of rotatable bonds is 6. The molecule has 0 radical (unpaired) electrons. The van der Waals surface area contributed by atoms with E-state index in [0.29, 0.717) is 11.4 Å². The Hall–Kier alpha value is -8.19. The summed E-state index contributed by atoms with van der Waals surface area (Å²) >= 11 is 0. The fourth-order valence-electron chi connectivity index (χ4n) is 8.75. The molecule has 1 aromatic heterocycles. The van der Waals surface area contributed by atoms with E-state index < -0.39 is 0 Å². The van der Waals surface area contributed by atoms with Crippen LogP contribution in [-0.2, 0) is 0 Å². The number of aromatic nitrogens is 2. The molecule has 11 aromatic rings. The summed E-state index contributed by atoms with van der Waals surface area (Å²) in [6.45, 7) is 0. The number of fused-ring (bicyclic) bond motifs is 5. The van der Waals surface area contributed by atoms with E-state index in [9.17, 15) is 5.26 Å². The Labute approximate surface area is 348 Å². The van der Waals surface area contributed by atoms with Crippen LogP contribution in [0.1, 0.15) is 5.56 Å². The molecule has 0 N–H and O–H groups in total. The molecule has 3 heteroatoms. The van der Waals surface area contributed by atoms with Gasteiger partial charge in [0.05, 0.1) is 23.0 Å². The number of nitrogens with zero attached hydrogens (tertiary/aromatic N) is 3. The second kappa shape index (κ2) is 14.6. The SMILES string of the molecule is N#Cc1ccc(-c2cc(-c3ccc4cc(-c5ccc(-c6c7ccccc7c(-c7ccccc7)c7ccc8ccccc8c67)cc5)ccc4c3)nc(-c3ccccc3)n2)cc1. The van der Waals surface area contributed by atoms with Crippen LogP contribution in [0.2, 0.25) is 0 Å². The largest absolute Gasteiger partial charge is 0.228 e. The van der Waals surface area contributed by atoms with Crippen LogP contribution in [-0.4, -0.2) is 9.97 Å². The second-order valence-electron chi connectivity index (χ2n) is 15.2. The Bertz CT molecular complexity index is 3460. The van der Waals surface area contributed by atoms with Gasteiger partial charge in [-0.1, -0.05) is 182 Å². The highest BCUT2D eigenvalue weighted by Crippen LogP contribution is 2.46. The molecule has 1 heterocycles. The van der Waals surface area contributed by atoms with E-state index in [1.165, 1.54) is 60.1 Å². The third kappa shape index (κ3) is 6.16.